The van der Waals surface area contributed by atoms with E-state index in [9.17, 15) is 4.79 Å². The summed E-state index contributed by atoms with van der Waals surface area (Å²) < 4.78 is 9.92. The minimum absolute atomic E-state index is 0.167. The van der Waals surface area contributed by atoms with Gasteiger partial charge in [-0.15, -0.1) is 0 Å². The molecule has 0 fully saturated rings. The van der Waals surface area contributed by atoms with Crippen molar-refractivity contribution >= 4 is 5.78 Å². The first-order valence-corrected chi connectivity index (χ1v) is 4.53. The van der Waals surface area contributed by atoms with Crippen molar-refractivity contribution in [2.45, 2.75) is 33.8 Å². The second-order valence-corrected chi connectivity index (χ2v) is 2.82. The number of aliphatic hydroxyl groups is 1. The van der Waals surface area contributed by atoms with E-state index in [1.54, 1.807) is 7.11 Å². The molecule has 0 aliphatic carbocycles. The lowest BCUT2D eigenvalue weighted by atomic mass is 10.5. The number of hydrogen-bond donors (Lipinski definition) is 1. The SMILES string of the molecule is CC(C)=O.CO.COCCOC(C)C. The van der Waals surface area contributed by atoms with Gasteiger partial charge >= 0.3 is 0 Å². The van der Waals surface area contributed by atoms with Crippen LogP contribution in [0, 0.1) is 0 Å². The average molecular weight is 208 g/mol. The third-order valence-corrected chi connectivity index (χ3v) is 0.739. The van der Waals surface area contributed by atoms with Gasteiger partial charge in [0.15, 0.2) is 0 Å². The summed E-state index contributed by atoms with van der Waals surface area (Å²) >= 11 is 0. The molecule has 1 N–H and O–H groups in total. The quantitative estimate of drug-likeness (QED) is 0.707. The Labute approximate surface area is 87.2 Å². The maximum atomic E-state index is 9.44. The molecular formula is C10H24O4. The van der Waals surface area contributed by atoms with Crippen LogP contribution in [0.2, 0.25) is 0 Å². The Bertz CT molecular complexity index is 98.3. The molecule has 0 aliphatic heterocycles. The number of methoxy groups -OCH3 is 1. The number of carbonyl (C=O) groups is 1. The van der Waals surface area contributed by atoms with E-state index < -0.39 is 0 Å². The zero-order valence-corrected chi connectivity index (χ0v) is 10.2. The van der Waals surface area contributed by atoms with Gasteiger partial charge in [-0.3, -0.25) is 0 Å². The lowest BCUT2D eigenvalue weighted by molar-refractivity contribution is -0.114. The van der Waals surface area contributed by atoms with Crippen LogP contribution in [-0.4, -0.2) is 44.4 Å². The van der Waals surface area contributed by atoms with E-state index in [0.29, 0.717) is 19.3 Å². The minimum atomic E-state index is 0.167. The second kappa shape index (κ2) is 18.4. The molecule has 0 amide bonds. The van der Waals surface area contributed by atoms with Gasteiger partial charge in [0.2, 0.25) is 0 Å². The van der Waals surface area contributed by atoms with Crippen LogP contribution in [0.15, 0.2) is 0 Å². The molecule has 0 saturated heterocycles. The predicted octanol–water partition coefficient (Wildman–Crippen LogP) is 1.26. The Morgan fingerprint density at radius 3 is 1.79 bits per heavy atom. The molecule has 14 heavy (non-hydrogen) atoms. The molecule has 0 aromatic rings. The highest BCUT2D eigenvalue weighted by Gasteiger charge is 1.89. The summed E-state index contributed by atoms with van der Waals surface area (Å²) in [6, 6.07) is 0. The van der Waals surface area contributed by atoms with Crippen molar-refractivity contribution in [2.75, 3.05) is 27.4 Å². The number of rotatable bonds is 4. The summed E-state index contributed by atoms with van der Waals surface area (Å²) in [4.78, 5) is 9.44. The zero-order chi connectivity index (χ0) is 12.0. The highest BCUT2D eigenvalue weighted by atomic mass is 16.5. The largest absolute Gasteiger partial charge is 0.400 e. The van der Waals surface area contributed by atoms with Gasteiger partial charge in [0.1, 0.15) is 5.78 Å². The van der Waals surface area contributed by atoms with Gasteiger partial charge in [0, 0.05) is 14.2 Å². The Morgan fingerprint density at radius 2 is 1.57 bits per heavy atom. The van der Waals surface area contributed by atoms with Crippen molar-refractivity contribution in [2.24, 2.45) is 0 Å². The first kappa shape index (κ1) is 19.2. The van der Waals surface area contributed by atoms with E-state index in [4.69, 9.17) is 14.6 Å². The van der Waals surface area contributed by atoms with Crippen molar-refractivity contribution in [1.29, 1.82) is 0 Å². The van der Waals surface area contributed by atoms with Crippen LogP contribution < -0.4 is 0 Å². The van der Waals surface area contributed by atoms with E-state index in [1.165, 1.54) is 13.8 Å². The van der Waals surface area contributed by atoms with Gasteiger partial charge in [-0.25, -0.2) is 0 Å². The molecule has 0 rings (SSSR count). The van der Waals surface area contributed by atoms with Crippen molar-refractivity contribution in [3.63, 3.8) is 0 Å². The second-order valence-electron chi connectivity index (χ2n) is 2.82. The third-order valence-electron chi connectivity index (χ3n) is 0.739. The highest BCUT2D eigenvalue weighted by molar-refractivity contribution is 5.72. The van der Waals surface area contributed by atoms with Gasteiger partial charge in [0.05, 0.1) is 19.3 Å². The molecule has 4 nitrogen and oxygen atoms in total. The summed E-state index contributed by atoms with van der Waals surface area (Å²) in [6.45, 7) is 8.47. The van der Waals surface area contributed by atoms with Crippen molar-refractivity contribution < 1.29 is 19.4 Å². The molecule has 0 spiro atoms. The Morgan fingerprint density at radius 1 is 1.21 bits per heavy atom. The highest BCUT2D eigenvalue weighted by Crippen LogP contribution is 1.85. The number of hydrogen-bond acceptors (Lipinski definition) is 4. The fourth-order valence-electron chi connectivity index (χ4n) is 0.367. The van der Waals surface area contributed by atoms with Gasteiger partial charge < -0.3 is 19.4 Å². The first-order chi connectivity index (χ1) is 6.50. The standard InChI is InChI=1S/C6H14O2.C3H6O.CH4O/c1-6(2)8-5-4-7-3;1-3(2)4;1-2/h6H,4-5H2,1-3H3;1-2H3;2H,1H3. The average Bonchev–Trinajstić information content (AvgIpc) is 2.07. The van der Waals surface area contributed by atoms with Gasteiger partial charge in [-0.2, -0.15) is 0 Å². The van der Waals surface area contributed by atoms with Crippen molar-refractivity contribution in [3.8, 4) is 0 Å². The van der Waals surface area contributed by atoms with Crippen molar-refractivity contribution in [1.82, 2.24) is 0 Å². The van der Waals surface area contributed by atoms with E-state index >= 15 is 0 Å². The van der Waals surface area contributed by atoms with Gasteiger partial charge in [-0.1, -0.05) is 0 Å². The van der Waals surface area contributed by atoms with Gasteiger partial charge in [-0.05, 0) is 27.7 Å². The lowest BCUT2D eigenvalue weighted by Gasteiger charge is -2.04. The van der Waals surface area contributed by atoms with E-state index in [2.05, 4.69) is 0 Å². The van der Waals surface area contributed by atoms with Crippen LogP contribution in [0.3, 0.4) is 0 Å². The van der Waals surface area contributed by atoms with Gasteiger partial charge in [0.25, 0.3) is 0 Å². The molecule has 0 aromatic heterocycles. The van der Waals surface area contributed by atoms with Crippen LogP contribution in [0.25, 0.3) is 0 Å². The number of aliphatic hydroxyl groups excluding tert-OH is 1. The monoisotopic (exact) mass is 208 g/mol. The molecule has 0 atom stereocenters. The summed E-state index contributed by atoms with van der Waals surface area (Å²) in [5, 5.41) is 7.00. The molecule has 0 aliphatic rings. The minimum Gasteiger partial charge on any atom is -0.400 e. The first-order valence-electron chi connectivity index (χ1n) is 4.53. The lowest BCUT2D eigenvalue weighted by Crippen LogP contribution is -2.07. The molecule has 4 heteroatoms. The molecule has 88 valence electrons. The smallest absolute Gasteiger partial charge is 0.126 e. The summed E-state index contributed by atoms with van der Waals surface area (Å²) in [7, 11) is 2.67. The fourth-order valence-corrected chi connectivity index (χ4v) is 0.367. The topological polar surface area (TPSA) is 55.8 Å². The number of Topliss-reactive ketones (excluding diaryl/α,β-unsaturated/α-hetero) is 1. The molecule has 0 radical (unpaired) electrons. The van der Waals surface area contributed by atoms with E-state index in [-0.39, 0.29) is 5.78 Å². The normalized spacial score (nSPS) is 8.29. The van der Waals surface area contributed by atoms with Crippen molar-refractivity contribution in [3.05, 3.63) is 0 Å². The molecule has 0 bridgehead atoms. The maximum Gasteiger partial charge on any atom is 0.126 e. The number of ether oxygens (including phenoxy) is 2. The Kier molecular flexibility index (Phi) is 25.1. The molecule has 0 aromatic carbocycles. The zero-order valence-electron chi connectivity index (χ0n) is 10.2. The predicted molar refractivity (Wildman–Crippen MR) is 57.5 cm³/mol. The molecule has 0 unspecified atom stereocenters. The third kappa shape index (κ3) is 62.1. The van der Waals surface area contributed by atoms with E-state index in [1.807, 2.05) is 13.8 Å². The Balaban J connectivity index is -0.000000170. The van der Waals surface area contributed by atoms with Crippen LogP contribution in [0.4, 0.5) is 0 Å². The number of carbonyl (C=O) groups excluding carboxylic acids is 1. The van der Waals surface area contributed by atoms with Crippen LogP contribution in [-0.2, 0) is 14.3 Å². The summed E-state index contributed by atoms with van der Waals surface area (Å²) in [6.07, 6.45) is 0.324. The van der Waals surface area contributed by atoms with Crippen LogP contribution in [0.1, 0.15) is 27.7 Å². The van der Waals surface area contributed by atoms with Crippen LogP contribution in [0.5, 0.6) is 0 Å². The fraction of sp³-hybridized carbons (Fsp3) is 0.900. The van der Waals surface area contributed by atoms with Crippen LogP contribution >= 0.6 is 0 Å². The maximum absolute atomic E-state index is 9.44. The summed E-state index contributed by atoms with van der Waals surface area (Å²) in [5.74, 6) is 0.167. The van der Waals surface area contributed by atoms with E-state index in [0.717, 1.165) is 7.11 Å². The molecular weight excluding hydrogens is 184 g/mol. The molecule has 0 saturated carbocycles. The molecule has 0 heterocycles. The number of ketones is 1. The Hall–Kier alpha value is -0.450. The summed E-state index contributed by atoms with van der Waals surface area (Å²) in [5.41, 5.74) is 0.